The lowest BCUT2D eigenvalue weighted by atomic mass is 10.1. The number of hydrogen-bond donors (Lipinski definition) is 1. The van der Waals surface area contributed by atoms with Crippen LogP contribution in [-0.4, -0.2) is 19.1 Å². The van der Waals surface area contributed by atoms with Gasteiger partial charge in [-0.1, -0.05) is 13.3 Å². The van der Waals surface area contributed by atoms with Crippen LogP contribution in [0.1, 0.15) is 42.8 Å². The molecule has 0 radical (unpaired) electrons. The molecule has 92 valence electrons. The summed E-state index contributed by atoms with van der Waals surface area (Å²) in [4.78, 5) is 6.05. The second kappa shape index (κ2) is 5.75. The maximum absolute atomic E-state index is 5.48. The third-order valence-corrected chi connectivity index (χ3v) is 4.03. The van der Waals surface area contributed by atoms with Gasteiger partial charge in [-0.15, -0.1) is 11.3 Å². The summed E-state index contributed by atoms with van der Waals surface area (Å²) in [6.07, 6.45) is 2.18. The van der Waals surface area contributed by atoms with Crippen molar-refractivity contribution in [3.8, 4) is 0 Å². The van der Waals surface area contributed by atoms with E-state index in [1.165, 1.54) is 10.6 Å². The zero-order valence-electron chi connectivity index (χ0n) is 10.9. The normalized spacial score (nSPS) is 12.1. The summed E-state index contributed by atoms with van der Waals surface area (Å²) in [7, 11) is 3.70. The molecule has 0 atom stereocenters. The molecule has 0 amide bonds. The highest BCUT2D eigenvalue weighted by Crippen LogP contribution is 2.30. The van der Waals surface area contributed by atoms with E-state index in [4.69, 9.17) is 9.72 Å². The Morgan fingerprint density at radius 1 is 1.44 bits per heavy atom. The van der Waals surface area contributed by atoms with Crippen LogP contribution < -0.4 is 5.32 Å². The minimum Gasteiger partial charge on any atom is -0.372 e. The summed E-state index contributed by atoms with van der Waals surface area (Å²) in [6, 6.07) is 0. The fourth-order valence-electron chi connectivity index (χ4n) is 1.46. The van der Waals surface area contributed by atoms with Crippen molar-refractivity contribution in [3.63, 3.8) is 0 Å². The SMILES string of the molecule is CCCc1nc(C(C)(C)OC)sc1CNC. The van der Waals surface area contributed by atoms with Gasteiger partial charge in [0.1, 0.15) is 10.6 Å². The Labute approximate surface area is 102 Å². The maximum atomic E-state index is 5.48. The van der Waals surface area contributed by atoms with Crippen molar-refractivity contribution < 1.29 is 4.74 Å². The van der Waals surface area contributed by atoms with Gasteiger partial charge >= 0.3 is 0 Å². The molecular formula is C12H22N2OS. The Morgan fingerprint density at radius 3 is 2.62 bits per heavy atom. The molecule has 0 aliphatic rings. The van der Waals surface area contributed by atoms with Crippen molar-refractivity contribution >= 4 is 11.3 Å². The lowest BCUT2D eigenvalue weighted by molar-refractivity contribution is 0.0189. The topological polar surface area (TPSA) is 34.1 Å². The van der Waals surface area contributed by atoms with Crippen LogP contribution in [-0.2, 0) is 23.3 Å². The molecule has 0 bridgehead atoms. The monoisotopic (exact) mass is 242 g/mol. The molecule has 1 heterocycles. The van der Waals surface area contributed by atoms with Crippen LogP contribution in [0.4, 0.5) is 0 Å². The van der Waals surface area contributed by atoms with Gasteiger partial charge in [0, 0.05) is 18.5 Å². The van der Waals surface area contributed by atoms with E-state index in [2.05, 4.69) is 26.1 Å². The highest BCUT2D eigenvalue weighted by molar-refractivity contribution is 7.11. The number of nitrogens with one attached hydrogen (secondary N) is 1. The number of hydrogen-bond acceptors (Lipinski definition) is 4. The fraction of sp³-hybridized carbons (Fsp3) is 0.750. The molecule has 0 saturated carbocycles. The molecule has 1 aromatic rings. The summed E-state index contributed by atoms with van der Waals surface area (Å²) < 4.78 is 5.48. The fourth-order valence-corrected chi connectivity index (χ4v) is 2.66. The van der Waals surface area contributed by atoms with Crippen LogP contribution in [0, 0.1) is 0 Å². The van der Waals surface area contributed by atoms with Gasteiger partial charge in [-0.3, -0.25) is 0 Å². The molecule has 3 nitrogen and oxygen atoms in total. The van der Waals surface area contributed by atoms with Gasteiger partial charge < -0.3 is 10.1 Å². The van der Waals surface area contributed by atoms with Crippen LogP contribution in [0.3, 0.4) is 0 Å². The molecule has 1 N–H and O–H groups in total. The maximum Gasteiger partial charge on any atom is 0.125 e. The number of thiazole rings is 1. The number of methoxy groups -OCH3 is 1. The second-order valence-corrected chi connectivity index (χ2v) is 5.47. The quantitative estimate of drug-likeness (QED) is 0.833. The standard InChI is InChI=1S/C12H22N2OS/c1-6-7-9-10(8-13-4)16-11(14-9)12(2,3)15-5/h13H,6-8H2,1-5H3. The third-order valence-electron chi connectivity index (χ3n) is 2.63. The van der Waals surface area contributed by atoms with Crippen molar-refractivity contribution in [3.05, 3.63) is 15.6 Å². The lowest BCUT2D eigenvalue weighted by Gasteiger charge is -2.19. The van der Waals surface area contributed by atoms with Gasteiger partial charge in [0.05, 0.1) is 5.69 Å². The average Bonchev–Trinajstić information content (AvgIpc) is 2.64. The predicted octanol–water partition coefficient (Wildman–Crippen LogP) is 2.70. The van der Waals surface area contributed by atoms with Gasteiger partial charge in [-0.05, 0) is 27.3 Å². The zero-order valence-corrected chi connectivity index (χ0v) is 11.7. The summed E-state index contributed by atoms with van der Waals surface area (Å²) in [5, 5.41) is 4.27. The summed E-state index contributed by atoms with van der Waals surface area (Å²) in [6.45, 7) is 7.20. The van der Waals surface area contributed by atoms with E-state index in [1.807, 2.05) is 7.05 Å². The van der Waals surface area contributed by atoms with E-state index in [1.54, 1.807) is 18.4 Å². The molecule has 0 aliphatic heterocycles. The number of nitrogens with zero attached hydrogens (tertiary/aromatic N) is 1. The predicted molar refractivity (Wildman–Crippen MR) is 68.9 cm³/mol. The van der Waals surface area contributed by atoms with Crippen molar-refractivity contribution in [2.45, 2.75) is 45.8 Å². The summed E-state index contributed by atoms with van der Waals surface area (Å²) >= 11 is 1.76. The van der Waals surface area contributed by atoms with Crippen molar-refractivity contribution in [2.75, 3.05) is 14.2 Å². The van der Waals surface area contributed by atoms with Crippen LogP contribution in [0.5, 0.6) is 0 Å². The van der Waals surface area contributed by atoms with Gasteiger partial charge in [-0.25, -0.2) is 4.98 Å². The van der Waals surface area contributed by atoms with Crippen LogP contribution >= 0.6 is 11.3 Å². The first-order valence-electron chi connectivity index (χ1n) is 5.74. The molecule has 4 heteroatoms. The van der Waals surface area contributed by atoms with Crippen molar-refractivity contribution in [2.24, 2.45) is 0 Å². The minimum atomic E-state index is -0.279. The highest BCUT2D eigenvalue weighted by Gasteiger charge is 2.25. The Kier molecular flexibility index (Phi) is 4.89. The molecule has 0 fully saturated rings. The molecule has 16 heavy (non-hydrogen) atoms. The first-order chi connectivity index (χ1) is 7.55. The lowest BCUT2D eigenvalue weighted by Crippen LogP contribution is -2.19. The van der Waals surface area contributed by atoms with E-state index in [9.17, 15) is 0 Å². The summed E-state index contributed by atoms with van der Waals surface area (Å²) in [5.74, 6) is 0. The smallest absolute Gasteiger partial charge is 0.125 e. The van der Waals surface area contributed by atoms with Crippen molar-refractivity contribution in [1.29, 1.82) is 0 Å². The van der Waals surface area contributed by atoms with E-state index < -0.39 is 0 Å². The first-order valence-corrected chi connectivity index (χ1v) is 6.55. The molecule has 0 aliphatic carbocycles. The number of ether oxygens (including phenoxy) is 1. The van der Waals surface area contributed by atoms with E-state index in [-0.39, 0.29) is 5.60 Å². The van der Waals surface area contributed by atoms with Gasteiger partial charge in [0.15, 0.2) is 0 Å². The Balaban J connectivity index is 3.00. The largest absolute Gasteiger partial charge is 0.372 e. The van der Waals surface area contributed by atoms with Crippen LogP contribution in [0.15, 0.2) is 0 Å². The van der Waals surface area contributed by atoms with E-state index in [0.717, 1.165) is 24.4 Å². The Morgan fingerprint density at radius 2 is 2.12 bits per heavy atom. The molecule has 0 aromatic carbocycles. The molecule has 1 rings (SSSR count). The molecular weight excluding hydrogens is 220 g/mol. The molecule has 0 spiro atoms. The second-order valence-electron chi connectivity index (χ2n) is 4.38. The van der Waals surface area contributed by atoms with Crippen LogP contribution in [0.2, 0.25) is 0 Å². The van der Waals surface area contributed by atoms with Gasteiger partial charge in [0.2, 0.25) is 0 Å². The summed E-state index contributed by atoms with van der Waals surface area (Å²) in [5.41, 5.74) is 0.945. The molecule has 0 unspecified atom stereocenters. The zero-order chi connectivity index (χ0) is 12.2. The average molecular weight is 242 g/mol. The number of aryl methyl sites for hydroxylation is 1. The first kappa shape index (κ1) is 13.6. The van der Waals surface area contributed by atoms with E-state index in [0.29, 0.717) is 0 Å². The molecule has 1 aromatic heterocycles. The highest BCUT2D eigenvalue weighted by atomic mass is 32.1. The Hall–Kier alpha value is -0.450. The van der Waals surface area contributed by atoms with Gasteiger partial charge in [-0.2, -0.15) is 0 Å². The Bertz CT molecular complexity index is 310. The number of rotatable bonds is 6. The number of aromatic nitrogens is 1. The third kappa shape index (κ3) is 3.03. The van der Waals surface area contributed by atoms with Gasteiger partial charge in [0.25, 0.3) is 0 Å². The molecule has 0 saturated heterocycles. The minimum absolute atomic E-state index is 0.279. The van der Waals surface area contributed by atoms with Crippen molar-refractivity contribution in [1.82, 2.24) is 10.3 Å². The van der Waals surface area contributed by atoms with Crippen LogP contribution in [0.25, 0.3) is 0 Å². The van der Waals surface area contributed by atoms with E-state index >= 15 is 0 Å².